The lowest BCUT2D eigenvalue weighted by Gasteiger charge is -2.50. The van der Waals surface area contributed by atoms with Gasteiger partial charge in [0.05, 0.1) is 31.3 Å². The minimum atomic E-state index is -0.422. The van der Waals surface area contributed by atoms with Crippen LogP contribution in [0.3, 0.4) is 0 Å². The minimum absolute atomic E-state index is 0.121. The van der Waals surface area contributed by atoms with Gasteiger partial charge >= 0.3 is 0 Å². The molecule has 0 radical (unpaired) electrons. The average molecular weight is 344 g/mol. The Labute approximate surface area is 146 Å². The number of halogens is 1. The Morgan fingerprint density at radius 2 is 2.20 bits per heavy atom. The zero-order valence-corrected chi connectivity index (χ0v) is 14.0. The fourth-order valence-corrected chi connectivity index (χ4v) is 3.80. The molecule has 0 spiro atoms. The van der Waals surface area contributed by atoms with E-state index < -0.39 is 5.82 Å². The Hall–Kier alpha value is -2.28. The van der Waals surface area contributed by atoms with Gasteiger partial charge in [-0.3, -0.25) is 4.98 Å². The van der Waals surface area contributed by atoms with Crippen molar-refractivity contribution in [2.24, 2.45) is 5.41 Å². The molecule has 0 aromatic carbocycles. The van der Waals surface area contributed by atoms with E-state index in [1.807, 2.05) is 12.1 Å². The normalized spacial score (nSPS) is 26.1. The van der Waals surface area contributed by atoms with Gasteiger partial charge in [0.15, 0.2) is 5.82 Å². The molecule has 0 amide bonds. The van der Waals surface area contributed by atoms with Crippen LogP contribution in [0.5, 0.6) is 5.75 Å². The van der Waals surface area contributed by atoms with E-state index in [9.17, 15) is 4.39 Å². The molecule has 2 aromatic rings. The van der Waals surface area contributed by atoms with Gasteiger partial charge in [-0.05, 0) is 31.4 Å². The Morgan fingerprint density at radius 1 is 1.32 bits per heavy atom. The first-order valence-corrected chi connectivity index (χ1v) is 8.62. The van der Waals surface area contributed by atoms with Crippen LogP contribution in [0.15, 0.2) is 36.9 Å². The summed E-state index contributed by atoms with van der Waals surface area (Å²) >= 11 is 0. The van der Waals surface area contributed by atoms with Crippen LogP contribution >= 0.6 is 0 Å². The van der Waals surface area contributed by atoms with E-state index >= 15 is 0 Å². The molecule has 132 valence electrons. The molecule has 0 saturated carbocycles. The van der Waals surface area contributed by atoms with Gasteiger partial charge < -0.3 is 14.4 Å². The number of hydrogen-bond donors (Lipinski definition) is 0. The largest absolute Gasteiger partial charge is 0.491 e. The van der Waals surface area contributed by atoms with Gasteiger partial charge in [0.25, 0.3) is 0 Å². The number of fused-ring (bicyclic) bond motifs is 1. The highest BCUT2D eigenvalue weighted by molar-refractivity contribution is 5.31. The molecule has 2 aliphatic heterocycles. The van der Waals surface area contributed by atoms with Crippen LogP contribution in [0, 0.1) is 11.2 Å². The molecule has 7 heteroatoms. The van der Waals surface area contributed by atoms with Crippen LogP contribution in [0.2, 0.25) is 0 Å². The van der Waals surface area contributed by atoms with E-state index in [1.165, 1.54) is 12.4 Å². The molecular weight excluding hydrogens is 323 g/mol. The Morgan fingerprint density at radius 3 is 3.00 bits per heavy atom. The third kappa shape index (κ3) is 3.42. The zero-order chi connectivity index (χ0) is 17.1. The molecule has 0 unspecified atom stereocenters. The molecular formula is C18H21FN4O2. The van der Waals surface area contributed by atoms with Gasteiger partial charge in [-0.25, -0.2) is 14.4 Å². The minimum Gasteiger partial charge on any atom is -0.491 e. The first kappa shape index (κ1) is 16.2. The topological polar surface area (TPSA) is 60.4 Å². The Balaban J connectivity index is 1.53. The fraction of sp³-hybridized carbons (Fsp3) is 0.500. The van der Waals surface area contributed by atoms with E-state index in [0.717, 1.165) is 44.7 Å². The number of pyridine rings is 1. The van der Waals surface area contributed by atoms with Gasteiger partial charge in [-0.15, -0.1) is 0 Å². The zero-order valence-electron chi connectivity index (χ0n) is 14.0. The molecule has 2 atom stereocenters. The maximum absolute atomic E-state index is 13.1. The van der Waals surface area contributed by atoms with Gasteiger partial charge in [0, 0.05) is 31.3 Å². The standard InChI is InChI=1S/C18H21FN4O2/c19-14-9-21-17(22-10-14)23-7-4-16-18(12-23,5-2-8-24-16)13-25-15-3-1-6-20-11-15/h1,3,6,9-11,16H,2,4-5,7-8,12-13H2/t16-,18-/m0/s1. The first-order valence-electron chi connectivity index (χ1n) is 8.62. The summed E-state index contributed by atoms with van der Waals surface area (Å²) in [7, 11) is 0. The second-order valence-corrected chi connectivity index (χ2v) is 6.71. The summed E-state index contributed by atoms with van der Waals surface area (Å²) < 4.78 is 25.2. The van der Waals surface area contributed by atoms with E-state index in [2.05, 4.69) is 19.9 Å². The van der Waals surface area contributed by atoms with Gasteiger partial charge in [0.1, 0.15) is 5.75 Å². The van der Waals surface area contributed by atoms with Crippen LogP contribution in [0.1, 0.15) is 19.3 Å². The van der Waals surface area contributed by atoms with Crippen LogP contribution in [0.25, 0.3) is 0 Å². The quantitative estimate of drug-likeness (QED) is 0.849. The van der Waals surface area contributed by atoms with Crippen LogP contribution < -0.4 is 9.64 Å². The van der Waals surface area contributed by atoms with Crippen molar-refractivity contribution >= 4 is 5.95 Å². The number of aromatic nitrogens is 3. The molecule has 2 fully saturated rings. The number of rotatable bonds is 4. The smallest absolute Gasteiger partial charge is 0.225 e. The number of piperidine rings is 1. The molecule has 4 heterocycles. The lowest BCUT2D eigenvalue weighted by Crippen LogP contribution is -2.57. The van der Waals surface area contributed by atoms with Crippen molar-refractivity contribution in [1.29, 1.82) is 0 Å². The molecule has 6 nitrogen and oxygen atoms in total. The van der Waals surface area contributed by atoms with Gasteiger partial charge in [-0.2, -0.15) is 0 Å². The van der Waals surface area contributed by atoms with E-state index in [-0.39, 0.29) is 11.5 Å². The Kier molecular flexibility index (Phi) is 4.48. The maximum atomic E-state index is 13.1. The lowest BCUT2D eigenvalue weighted by molar-refractivity contribution is -0.110. The molecule has 0 aliphatic carbocycles. The van der Waals surface area contributed by atoms with Crippen molar-refractivity contribution in [2.45, 2.75) is 25.4 Å². The highest BCUT2D eigenvalue weighted by atomic mass is 19.1. The molecule has 2 aromatic heterocycles. The summed E-state index contributed by atoms with van der Waals surface area (Å²) in [5, 5.41) is 0. The SMILES string of the molecule is Fc1cnc(N2CC[C@@H]3OCCC[C@@]3(COc3cccnc3)C2)nc1. The summed E-state index contributed by atoms with van der Waals surface area (Å²) in [5.74, 6) is 0.900. The lowest BCUT2D eigenvalue weighted by atomic mass is 9.73. The van der Waals surface area contributed by atoms with Crippen molar-refractivity contribution in [2.75, 3.05) is 31.2 Å². The summed E-state index contributed by atoms with van der Waals surface area (Å²) in [6.07, 6.45) is 8.95. The predicted molar refractivity (Wildman–Crippen MR) is 90.0 cm³/mol. The van der Waals surface area contributed by atoms with Crippen molar-refractivity contribution < 1.29 is 13.9 Å². The molecule has 2 saturated heterocycles. The average Bonchev–Trinajstić information content (AvgIpc) is 2.67. The monoisotopic (exact) mass is 344 g/mol. The summed E-state index contributed by atoms with van der Waals surface area (Å²) in [5.41, 5.74) is -0.121. The molecule has 2 aliphatic rings. The van der Waals surface area contributed by atoms with Crippen LogP contribution in [0.4, 0.5) is 10.3 Å². The molecule has 4 rings (SSSR count). The van der Waals surface area contributed by atoms with E-state index in [1.54, 1.807) is 12.4 Å². The summed E-state index contributed by atoms with van der Waals surface area (Å²) in [4.78, 5) is 14.5. The van der Waals surface area contributed by atoms with Gasteiger partial charge in [-0.1, -0.05) is 0 Å². The number of ether oxygens (including phenoxy) is 2. The van der Waals surface area contributed by atoms with Crippen molar-refractivity contribution in [3.8, 4) is 5.75 Å². The van der Waals surface area contributed by atoms with Gasteiger partial charge in [0.2, 0.25) is 5.95 Å². The number of nitrogens with zero attached hydrogens (tertiary/aromatic N) is 4. The highest BCUT2D eigenvalue weighted by Crippen LogP contribution is 2.41. The number of anilines is 1. The van der Waals surface area contributed by atoms with Crippen LogP contribution in [-0.4, -0.2) is 47.4 Å². The maximum Gasteiger partial charge on any atom is 0.225 e. The predicted octanol–water partition coefficient (Wildman–Crippen LogP) is 2.47. The second kappa shape index (κ2) is 6.92. The molecule has 25 heavy (non-hydrogen) atoms. The van der Waals surface area contributed by atoms with E-state index in [0.29, 0.717) is 12.6 Å². The van der Waals surface area contributed by atoms with Crippen molar-refractivity contribution in [1.82, 2.24) is 15.0 Å². The van der Waals surface area contributed by atoms with E-state index in [4.69, 9.17) is 9.47 Å². The second-order valence-electron chi connectivity index (χ2n) is 6.71. The molecule has 0 N–H and O–H groups in total. The fourth-order valence-electron chi connectivity index (χ4n) is 3.80. The highest BCUT2D eigenvalue weighted by Gasteiger charge is 2.47. The number of hydrogen-bond acceptors (Lipinski definition) is 6. The van der Waals surface area contributed by atoms with Crippen molar-refractivity contribution in [3.05, 3.63) is 42.7 Å². The first-order chi connectivity index (χ1) is 12.3. The molecule has 0 bridgehead atoms. The Bertz CT molecular complexity index is 700. The van der Waals surface area contributed by atoms with Crippen molar-refractivity contribution in [3.63, 3.8) is 0 Å². The summed E-state index contributed by atoms with van der Waals surface area (Å²) in [6.45, 7) is 2.89. The third-order valence-corrected chi connectivity index (χ3v) is 5.04. The van der Waals surface area contributed by atoms with Crippen LogP contribution in [-0.2, 0) is 4.74 Å². The third-order valence-electron chi connectivity index (χ3n) is 5.04. The summed E-state index contributed by atoms with van der Waals surface area (Å²) in [6, 6.07) is 3.77.